The van der Waals surface area contributed by atoms with Crippen molar-refractivity contribution in [2.75, 3.05) is 12.4 Å². The van der Waals surface area contributed by atoms with Crippen LogP contribution in [0.2, 0.25) is 0 Å². The fourth-order valence-electron chi connectivity index (χ4n) is 1.78. The lowest BCUT2D eigenvalue weighted by Crippen LogP contribution is -2.53. The zero-order valence-corrected chi connectivity index (χ0v) is 11.4. The average Bonchev–Trinajstić information content (AvgIpc) is 3.11. The fraction of sp³-hybridized carbons (Fsp3) is 0.727. The van der Waals surface area contributed by atoms with Crippen LogP contribution in [0, 0.1) is 12.8 Å². The molecule has 1 aliphatic carbocycles. The van der Waals surface area contributed by atoms with Gasteiger partial charge in [-0.05, 0) is 32.6 Å². The minimum atomic E-state index is -0.908. The van der Waals surface area contributed by atoms with Gasteiger partial charge in [-0.3, -0.25) is 9.89 Å². The molecule has 7 heteroatoms. The summed E-state index contributed by atoms with van der Waals surface area (Å²) in [4.78, 5) is 16.2. The van der Waals surface area contributed by atoms with Gasteiger partial charge in [-0.2, -0.15) is 0 Å². The van der Waals surface area contributed by atoms with E-state index >= 15 is 0 Å². The monoisotopic (exact) mass is 270 g/mol. The highest BCUT2D eigenvalue weighted by Gasteiger charge is 2.49. The van der Waals surface area contributed by atoms with E-state index in [1.807, 2.05) is 6.92 Å². The highest BCUT2D eigenvalue weighted by Crippen LogP contribution is 2.41. The number of carbonyl (C=O) groups is 1. The summed E-state index contributed by atoms with van der Waals surface area (Å²) in [5.74, 6) is 1.12. The molecule has 1 saturated carbocycles. The Morgan fingerprint density at radius 1 is 1.67 bits per heavy atom. The third kappa shape index (κ3) is 2.84. The first-order valence-corrected chi connectivity index (χ1v) is 7.02. The van der Waals surface area contributed by atoms with Crippen molar-refractivity contribution in [2.45, 2.75) is 37.4 Å². The van der Waals surface area contributed by atoms with Gasteiger partial charge in [0.05, 0.1) is 6.61 Å². The van der Waals surface area contributed by atoms with Gasteiger partial charge in [0, 0.05) is 5.75 Å². The second-order valence-corrected chi connectivity index (χ2v) is 5.47. The predicted octanol–water partition coefficient (Wildman–Crippen LogP) is 0.876. The van der Waals surface area contributed by atoms with Gasteiger partial charge < -0.3 is 10.5 Å². The number of nitrogens with zero attached hydrogens (tertiary/aromatic N) is 2. The number of aryl methyl sites for hydroxylation is 1. The summed E-state index contributed by atoms with van der Waals surface area (Å²) < 4.78 is 5.08. The molecular weight excluding hydrogens is 252 g/mol. The molecular formula is C11H18N4O2S. The second kappa shape index (κ2) is 5.27. The maximum absolute atomic E-state index is 12.0. The van der Waals surface area contributed by atoms with E-state index in [9.17, 15) is 4.79 Å². The minimum absolute atomic E-state index is 0.226. The van der Waals surface area contributed by atoms with Crippen LogP contribution >= 0.6 is 11.8 Å². The third-order valence-corrected chi connectivity index (χ3v) is 4.04. The molecule has 1 fully saturated rings. The number of carbonyl (C=O) groups excluding carboxylic acids is 1. The van der Waals surface area contributed by atoms with Gasteiger partial charge in [0.1, 0.15) is 11.4 Å². The molecule has 100 valence electrons. The van der Waals surface area contributed by atoms with Gasteiger partial charge in [0.2, 0.25) is 5.16 Å². The highest BCUT2D eigenvalue weighted by atomic mass is 32.2. The lowest BCUT2D eigenvalue weighted by Gasteiger charge is -2.25. The van der Waals surface area contributed by atoms with Crippen LogP contribution in [0.5, 0.6) is 0 Å². The van der Waals surface area contributed by atoms with Gasteiger partial charge in [-0.25, -0.2) is 4.98 Å². The summed E-state index contributed by atoms with van der Waals surface area (Å²) >= 11 is 1.39. The van der Waals surface area contributed by atoms with Crippen LogP contribution in [0.25, 0.3) is 0 Å². The van der Waals surface area contributed by atoms with Crippen molar-refractivity contribution < 1.29 is 9.53 Å². The topological polar surface area (TPSA) is 93.9 Å². The van der Waals surface area contributed by atoms with Crippen molar-refractivity contribution in [2.24, 2.45) is 11.7 Å². The fourth-order valence-corrected chi connectivity index (χ4v) is 2.81. The van der Waals surface area contributed by atoms with Crippen LogP contribution in [0.15, 0.2) is 5.16 Å². The average molecular weight is 270 g/mol. The largest absolute Gasteiger partial charge is 0.465 e. The van der Waals surface area contributed by atoms with Crippen LogP contribution < -0.4 is 5.73 Å². The molecule has 2 rings (SSSR count). The van der Waals surface area contributed by atoms with E-state index in [1.165, 1.54) is 11.8 Å². The molecule has 0 radical (unpaired) electrons. The maximum atomic E-state index is 12.0. The van der Waals surface area contributed by atoms with Gasteiger partial charge in [-0.1, -0.05) is 11.8 Å². The molecule has 18 heavy (non-hydrogen) atoms. The molecule has 1 aromatic heterocycles. The highest BCUT2D eigenvalue weighted by molar-refractivity contribution is 7.99. The first-order chi connectivity index (χ1) is 8.56. The Labute approximate surface area is 110 Å². The van der Waals surface area contributed by atoms with E-state index < -0.39 is 5.54 Å². The molecule has 1 atom stereocenters. The summed E-state index contributed by atoms with van der Waals surface area (Å²) in [5, 5.41) is 7.41. The van der Waals surface area contributed by atoms with Gasteiger partial charge >= 0.3 is 5.97 Å². The van der Waals surface area contributed by atoms with Crippen molar-refractivity contribution >= 4 is 17.7 Å². The number of nitrogens with two attached hydrogens (primary N) is 1. The zero-order valence-electron chi connectivity index (χ0n) is 10.6. The van der Waals surface area contributed by atoms with Crippen LogP contribution in [-0.2, 0) is 9.53 Å². The van der Waals surface area contributed by atoms with Crippen LogP contribution in [-0.4, -0.2) is 39.0 Å². The van der Waals surface area contributed by atoms with E-state index in [1.54, 1.807) is 6.92 Å². The summed E-state index contributed by atoms with van der Waals surface area (Å²) in [5.41, 5.74) is 5.32. The number of nitrogens with one attached hydrogen (secondary N) is 1. The number of rotatable bonds is 6. The molecule has 6 nitrogen and oxygen atoms in total. The number of aromatic amines is 1. The van der Waals surface area contributed by atoms with Crippen molar-refractivity contribution in [1.29, 1.82) is 0 Å². The molecule has 0 amide bonds. The molecule has 0 aromatic carbocycles. The van der Waals surface area contributed by atoms with E-state index in [4.69, 9.17) is 10.5 Å². The molecule has 0 spiro atoms. The Bertz CT molecular complexity index is 432. The van der Waals surface area contributed by atoms with Crippen LogP contribution in [0.3, 0.4) is 0 Å². The van der Waals surface area contributed by atoms with Gasteiger partial charge in [0.25, 0.3) is 0 Å². The first-order valence-electron chi connectivity index (χ1n) is 6.04. The second-order valence-electron chi connectivity index (χ2n) is 4.53. The first kappa shape index (κ1) is 13.4. The van der Waals surface area contributed by atoms with E-state index in [2.05, 4.69) is 15.2 Å². The maximum Gasteiger partial charge on any atom is 0.327 e. The Hall–Kier alpha value is -1.08. The summed E-state index contributed by atoms with van der Waals surface area (Å²) in [6.45, 7) is 3.98. The van der Waals surface area contributed by atoms with Crippen LogP contribution in [0.1, 0.15) is 25.6 Å². The van der Waals surface area contributed by atoms with E-state index in [0.717, 1.165) is 18.7 Å². The molecule has 1 heterocycles. The van der Waals surface area contributed by atoms with Crippen molar-refractivity contribution in [3.8, 4) is 0 Å². The van der Waals surface area contributed by atoms with Crippen LogP contribution in [0.4, 0.5) is 0 Å². The van der Waals surface area contributed by atoms with Crippen molar-refractivity contribution in [3.05, 3.63) is 5.82 Å². The SMILES string of the molecule is CCOC(=O)C(N)(CSc1n[nH]c(C)n1)C1CC1. The number of H-pyrrole nitrogens is 1. The number of esters is 1. The lowest BCUT2D eigenvalue weighted by atomic mass is 9.97. The molecule has 1 aliphatic rings. The van der Waals surface area contributed by atoms with E-state index in [-0.39, 0.29) is 11.9 Å². The lowest BCUT2D eigenvalue weighted by molar-refractivity contribution is -0.149. The minimum Gasteiger partial charge on any atom is -0.465 e. The predicted molar refractivity (Wildman–Crippen MR) is 68.1 cm³/mol. The number of aromatic nitrogens is 3. The number of ether oxygens (including phenoxy) is 1. The Morgan fingerprint density at radius 2 is 2.39 bits per heavy atom. The summed E-state index contributed by atoms with van der Waals surface area (Å²) in [6.07, 6.45) is 1.98. The van der Waals surface area contributed by atoms with Crippen molar-refractivity contribution in [3.63, 3.8) is 0 Å². The number of hydrogen-bond donors (Lipinski definition) is 2. The van der Waals surface area contributed by atoms with E-state index in [0.29, 0.717) is 17.5 Å². The van der Waals surface area contributed by atoms with Crippen molar-refractivity contribution in [1.82, 2.24) is 15.2 Å². The number of thioether (sulfide) groups is 1. The Kier molecular flexibility index (Phi) is 3.91. The van der Waals surface area contributed by atoms with Gasteiger partial charge in [0.15, 0.2) is 0 Å². The van der Waals surface area contributed by atoms with Gasteiger partial charge in [-0.15, -0.1) is 5.10 Å². The third-order valence-electron chi connectivity index (χ3n) is 2.98. The smallest absolute Gasteiger partial charge is 0.327 e. The standard InChI is InChI=1S/C11H18N4O2S/c1-3-17-9(16)11(12,8-4-5-8)6-18-10-13-7(2)14-15-10/h8H,3-6,12H2,1-2H3,(H,13,14,15). The molecule has 0 aliphatic heterocycles. The summed E-state index contributed by atoms with van der Waals surface area (Å²) in [6, 6.07) is 0. The molecule has 1 unspecified atom stereocenters. The molecule has 1 aromatic rings. The Morgan fingerprint density at radius 3 is 2.89 bits per heavy atom. The molecule has 0 saturated heterocycles. The summed E-state index contributed by atoms with van der Waals surface area (Å²) in [7, 11) is 0. The zero-order chi connectivity index (χ0) is 13.2. The normalized spacial score (nSPS) is 18.4. The quantitative estimate of drug-likeness (QED) is 0.588. The Balaban J connectivity index is 1.99. The molecule has 0 bridgehead atoms. The molecule has 3 N–H and O–H groups in total. The number of hydrogen-bond acceptors (Lipinski definition) is 6.